The molecule has 5 aromatic rings. The fourth-order valence-corrected chi connectivity index (χ4v) is 6.23. The third-order valence-corrected chi connectivity index (χ3v) is 8.82. The number of aryl methyl sites for hydroxylation is 2. The predicted molar refractivity (Wildman–Crippen MR) is 148 cm³/mol. The zero-order valence-corrected chi connectivity index (χ0v) is 24.9. The molecule has 0 spiro atoms. The summed E-state index contributed by atoms with van der Waals surface area (Å²) in [5.41, 5.74) is -1.32. The van der Waals surface area contributed by atoms with Crippen molar-refractivity contribution in [3.63, 3.8) is 0 Å². The lowest BCUT2D eigenvalue weighted by Gasteiger charge is -2.41. The Labute approximate surface area is 256 Å². The fourth-order valence-electron chi connectivity index (χ4n) is 5.16. The van der Waals surface area contributed by atoms with E-state index in [1.807, 2.05) is 0 Å². The number of hydrogen-bond acceptors (Lipinski definition) is 10. The molecule has 0 aliphatic carbocycles. The smallest absolute Gasteiger partial charge is 0.394 e. The molecule has 0 unspecified atom stereocenters. The molecule has 6 rings (SSSR count). The van der Waals surface area contributed by atoms with Crippen LogP contribution in [0.1, 0.15) is 34.4 Å². The minimum Gasteiger partial charge on any atom is -0.394 e. The molecule has 1 aliphatic heterocycles. The van der Waals surface area contributed by atoms with Crippen molar-refractivity contribution in [1.82, 2.24) is 34.7 Å². The van der Waals surface area contributed by atoms with Gasteiger partial charge in [0.1, 0.15) is 53.6 Å². The van der Waals surface area contributed by atoms with E-state index in [1.54, 1.807) is 6.92 Å². The van der Waals surface area contributed by atoms with E-state index in [0.717, 1.165) is 27.6 Å². The number of alkyl halides is 3. The summed E-state index contributed by atoms with van der Waals surface area (Å²) in [5.74, 6) is -2.00. The Morgan fingerprint density at radius 2 is 1.75 bits per heavy atom. The van der Waals surface area contributed by atoms with Crippen LogP contribution in [-0.4, -0.2) is 75.0 Å². The molecule has 1 fully saturated rings. The minimum atomic E-state index is -4.82. The number of fused-ring (bicyclic) bond motifs is 1. The number of hydrogen-bond donors (Lipinski definition) is 3. The number of aromatic nitrogens is 7. The highest BCUT2D eigenvalue weighted by atomic mass is 79.9. The first-order valence-electron chi connectivity index (χ1n) is 12.9. The molecule has 5 atom stereocenters. The number of nitrogens with zero attached hydrogens (tertiary/aromatic N) is 7. The maximum Gasteiger partial charge on any atom is 0.418 e. The van der Waals surface area contributed by atoms with Crippen molar-refractivity contribution in [3.8, 4) is 16.9 Å². The molecule has 1 saturated heterocycles. The number of benzene rings is 2. The van der Waals surface area contributed by atoms with Crippen molar-refractivity contribution in [2.45, 2.75) is 50.5 Å². The number of halogens is 6. The molecule has 18 heteroatoms. The predicted octanol–water partition coefficient (Wildman–Crippen LogP) is 4.21. The summed E-state index contributed by atoms with van der Waals surface area (Å²) in [6, 6.07) is 2.79. The first-order valence-corrected chi connectivity index (χ1v) is 14.5. The summed E-state index contributed by atoms with van der Waals surface area (Å²) in [6.07, 6.45) is -9.82. The van der Waals surface area contributed by atoms with Gasteiger partial charge in [-0.2, -0.15) is 18.3 Å². The maximum atomic E-state index is 14.3. The zero-order chi connectivity index (χ0) is 31.7. The third-order valence-electron chi connectivity index (χ3n) is 7.13. The molecule has 0 bridgehead atoms. The highest BCUT2D eigenvalue weighted by Gasteiger charge is 2.49. The molecule has 3 aromatic heterocycles. The van der Waals surface area contributed by atoms with Crippen LogP contribution >= 0.6 is 27.3 Å². The zero-order valence-electron chi connectivity index (χ0n) is 22.5. The first kappa shape index (κ1) is 30.6. The number of thiazole rings is 1. The van der Waals surface area contributed by atoms with E-state index in [-0.39, 0.29) is 32.9 Å². The molecule has 1 aliphatic rings. The van der Waals surface area contributed by atoms with Gasteiger partial charge in [-0.15, -0.1) is 16.4 Å². The fraction of sp³-hybridized carbons (Fsp3) is 0.346. The van der Waals surface area contributed by atoms with E-state index in [9.17, 15) is 37.3 Å². The van der Waals surface area contributed by atoms with Gasteiger partial charge in [-0.3, -0.25) is 0 Å². The Morgan fingerprint density at radius 1 is 1.05 bits per heavy atom. The largest absolute Gasteiger partial charge is 0.418 e. The number of aliphatic hydroxyl groups is 3. The monoisotopic (exact) mass is 701 g/mol. The summed E-state index contributed by atoms with van der Waals surface area (Å²) in [6.45, 7) is 2.35. The average molecular weight is 702 g/mol. The molecule has 0 radical (unpaired) electrons. The Bertz CT molecular complexity index is 1860. The van der Waals surface area contributed by atoms with Gasteiger partial charge in [0.15, 0.2) is 5.82 Å². The number of rotatable bonds is 5. The second-order valence-corrected chi connectivity index (χ2v) is 12.1. The number of ether oxygens (including phenoxy) is 1. The van der Waals surface area contributed by atoms with Gasteiger partial charge >= 0.3 is 6.18 Å². The molecule has 232 valence electrons. The SMILES string of the molecule is Cc1nc([C@@H]2O[C@H](CO)[C@H](O)[C@H](n3cc(-c4cc(F)c(Br)c(F)c4)nn3)[C@H]2O)n(-c2cc3sc(C)nc3cc2C(F)(F)F)n1. The standard InChI is InChI=1S/C26H21BrF5N7O4S/c1-9-33-25(39(36-9)17-6-19-15(34-10(2)44-19)5-12(17)26(30,31)32)24-23(42)21(22(41)18(8-40)43-24)38-7-16(35-37-38)11-3-13(28)20(27)14(29)4-11/h3-7,18,21-24,40-42H,8H2,1-2H3/t18-,21+,22+,23-,24-/m1/s1. The van der Waals surface area contributed by atoms with Crippen LogP contribution in [0.5, 0.6) is 0 Å². The van der Waals surface area contributed by atoms with Crippen LogP contribution in [0.25, 0.3) is 27.2 Å². The van der Waals surface area contributed by atoms with Gasteiger partial charge in [-0.25, -0.2) is 28.1 Å². The summed E-state index contributed by atoms with van der Waals surface area (Å²) in [5, 5.41) is 45.1. The van der Waals surface area contributed by atoms with Gasteiger partial charge in [-0.1, -0.05) is 5.21 Å². The van der Waals surface area contributed by atoms with E-state index < -0.39 is 66.1 Å². The van der Waals surface area contributed by atoms with Gasteiger partial charge in [-0.05, 0) is 54.0 Å². The Hall–Kier alpha value is -3.42. The normalized spacial score (nSPS) is 22.7. The highest BCUT2D eigenvalue weighted by molar-refractivity contribution is 9.10. The minimum absolute atomic E-state index is 0.00416. The second-order valence-electron chi connectivity index (χ2n) is 10.1. The van der Waals surface area contributed by atoms with Crippen LogP contribution in [0.3, 0.4) is 0 Å². The molecule has 44 heavy (non-hydrogen) atoms. The topological polar surface area (TPSA) is 144 Å². The van der Waals surface area contributed by atoms with Gasteiger partial charge in [0.25, 0.3) is 0 Å². The van der Waals surface area contributed by atoms with Gasteiger partial charge in [0.05, 0.1) is 43.8 Å². The Kier molecular flexibility index (Phi) is 7.78. The second kappa shape index (κ2) is 11.2. The highest BCUT2D eigenvalue weighted by Crippen LogP contribution is 2.42. The van der Waals surface area contributed by atoms with E-state index in [4.69, 9.17) is 4.74 Å². The average Bonchev–Trinajstić information content (AvgIpc) is 3.68. The van der Waals surface area contributed by atoms with E-state index in [2.05, 4.69) is 41.3 Å². The summed E-state index contributed by atoms with van der Waals surface area (Å²) in [7, 11) is 0. The molecule has 3 N–H and O–H groups in total. The third kappa shape index (κ3) is 5.28. The van der Waals surface area contributed by atoms with Crippen molar-refractivity contribution in [1.29, 1.82) is 0 Å². The van der Waals surface area contributed by atoms with E-state index >= 15 is 0 Å². The summed E-state index contributed by atoms with van der Waals surface area (Å²) >= 11 is 3.97. The van der Waals surface area contributed by atoms with Crippen LogP contribution in [0.2, 0.25) is 0 Å². The lowest BCUT2D eigenvalue weighted by Crippen LogP contribution is -2.53. The van der Waals surface area contributed by atoms with Crippen molar-refractivity contribution in [3.05, 3.63) is 68.8 Å². The Morgan fingerprint density at radius 3 is 2.41 bits per heavy atom. The quantitative estimate of drug-likeness (QED) is 0.181. The van der Waals surface area contributed by atoms with Crippen LogP contribution in [0.15, 0.2) is 34.9 Å². The van der Waals surface area contributed by atoms with E-state index in [0.29, 0.717) is 9.71 Å². The van der Waals surface area contributed by atoms with Crippen molar-refractivity contribution in [2.24, 2.45) is 0 Å². The van der Waals surface area contributed by atoms with Crippen LogP contribution in [0.4, 0.5) is 22.0 Å². The van der Waals surface area contributed by atoms with Crippen LogP contribution < -0.4 is 0 Å². The lowest BCUT2D eigenvalue weighted by atomic mass is 9.92. The van der Waals surface area contributed by atoms with Gasteiger partial charge in [0, 0.05) is 5.56 Å². The van der Waals surface area contributed by atoms with E-state index in [1.165, 1.54) is 30.5 Å². The molecule has 4 heterocycles. The van der Waals surface area contributed by atoms with Gasteiger partial charge in [0.2, 0.25) is 0 Å². The maximum absolute atomic E-state index is 14.3. The molecule has 0 saturated carbocycles. The van der Waals surface area contributed by atoms with Gasteiger partial charge < -0.3 is 20.1 Å². The Balaban J connectivity index is 1.44. The first-order chi connectivity index (χ1) is 20.8. The van der Waals surface area contributed by atoms with Crippen molar-refractivity contribution < 1.29 is 42.0 Å². The molecule has 2 aromatic carbocycles. The molecule has 0 amide bonds. The molecule has 11 nitrogen and oxygen atoms in total. The molecular formula is C26H21BrF5N7O4S. The van der Waals surface area contributed by atoms with Crippen LogP contribution in [0, 0.1) is 25.5 Å². The number of aliphatic hydroxyl groups excluding tert-OH is 3. The molecular weight excluding hydrogens is 681 g/mol. The summed E-state index contributed by atoms with van der Waals surface area (Å²) in [4.78, 5) is 8.42. The lowest BCUT2D eigenvalue weighted by molar-refractivity contribution is -0.210. The van der Waals surface area contributed by atoms with Crippen molar-refractivity contribution >= 4 is 37.5 Å². The van der Waals surface area contributed by atoms with Crippen molar-refractivity contribution in [2.75, 3.05) is 6.61 Å². The van der Waals surface area contributed by atoms with Crippen LogP contribution in [-0.2, 0) is 10.9 Å². The summed E-state index contributed by atoms with van der Waals surface area (Å²) < 4.78 is 79.0.